The number of amides is 1. The van der Waals surface area contributed by atoms with E-state index in [0.29, 0.717) is 22.0 Å². The molecule has 8 nitrogen and oxygen atoms in total. The summed E-state index contributed by atoms with van der Waals surface area (Å²) < 4.78 is 0. The zero-order valence-electron chi connectivity index (χ0n) is 17.3. The van der Waals surface area contributed by atoms with Crippen LogP contribution in [0.2, 0.25) is 5.02 Å². The van der Waals surface area contributed by atoms with Crippen LogP contribution in [0, 0.1) is 0 Å². The number of aliphatic imine (C=N–C) groups is 1. The Morgan fingerprint density at radius 3 is 2.67 bits per heavy atom. The number of hydrazone groups is 1. The summed E-state index contributed by atoms with van der Waals surface area (Å²) >= 11 is 6.02. The molecule has 2 aromatic carbocycles. The number of carbonyl (C=O) groups excluding carboxylic acids is 1. The van der Waals surface area contributed by atoms with Gasteiger partial charge in [0.25, 0.3) is 5.91 Å². The van der Waals surface area contributed by atoms with Gasteiger partial charge >= 0.3 is 0 Å². The van der Waals surface area contributed by atoms with Crippen molar-refractivity contribution in [2.24, 2.45) is 10.1 Å². The van der Waals surface area contributed by atoms with E-state index in [0.717, 1.165) is 5.56 Å². The summed E-state index contributed by atoms with van der Waals surface area (Å²) in [7, 11) is 0. The normalized spacial score (nSPS) is 16.5. The van der Waals surface area contributed by atoms with Gasteiger partial charge in [-0.1, -0.05) is 48.0 Å². The number of aliphatic hydroxyl groups is 2. The number of hydrogen-bond acceptors (Lipinski definition) is 7. The summed E-state index contributed by atoms with van der Waals surface area (Å²) in [4.78, 5) is 20.8. The van der Waals surface area contributed by atoms with Crippen molar-refractivity contribution in [3.63, 3.8) is 0 Å². The van der Waals surface area contributed by atoms with E-state index in [1.54, 1.807) is 24.3 Å². The van der Waals surface area contributed by atoms with E-state index in [1.165, 1.54) is 30.6 Å². The van der Waals surface area contributed by atoms with Crippen LogP contribution in [0.4, 0.5) is 11.4 Å². The summed E-state index contributed by atoms with van der Waals surface area (Å²) in [5.41, 5.74) is 4.70. The number of halogens is 1. The highest BCUT2D eigenvalue weighted by Crippen LogP contribution is 2.32. The first-order valence-corrected chi connectivity index (χ1v) is 10.4. The first-order valence-electron chi connectivity index (χ1n) is 10.0. The fourth-order valence-corrected chi connectivity index (χ4v) is 3.31. The second-order valence-corrected chi connectivity index (χ2v) is 7.53. The van der Waals surface area contributed by atoms with Gasteiger partial charge in [-0.05, 0) is 42.0 Å². The van der Waals surface area contributed by atoms with Crippen molar-refractivity contribution in [3.05, 3.63) is 95.3 Å². The van der Waals surface area contributed by atoms with E-state index < -0.39 is 18.2 Å². The van der Waals surface area contributed by atoms with E-state index >= 15 is 0 Å². The predicted octanol–water partition coefficient (Wildman–Crippen LogP) is 3.41. The molecule has 33 heavy (non-hydrogen) atoms. The minimum Gasteiger partial charge on any atom is -0.383 e. The fourth-order valence-electron chi connectivity index (χ4n) is 3.14. The van der Waals surface area contributed by atoms with Gasteiger partial charge in [-0.2, -0.15) is 5.10 Å². The maximum absolute atomic E-state index is 12.5. The standard InChI is InChI=1S/C24H20ClN5O3/c25-17-7-8-18-19(14-17)28-24(33)22(27-18)21(20(31)9-6-15-4-2-1-3-5-15)29-30-23(32)16-10-12-26-13-11-16/h1-14,20,24,28,31,33H,(H,30,32)/b9-6+,29-21+/t20-,24+/m0/s1. The van der Waals surface area contributed by atoms with Gasteiger partial charge in [0.05, 0.1) is 11.4 Å². The number of aromatic nitrogens is 1. The van der Waals surface area contributed by atoms with Crippen LogP contribution in [0.5, 0.6) is 0 Å². The van der Waals surface area contributed by atoms with Gasteiger partial charge in [0, 0.05) is 23.0 Å². The van der Waals surface area contributed by atoms with Crippen LogP contribution in [0.3, 0.4) is 0 Å². The molecule has 1 aliphatic heterocycles. The first-order chi connectivity index (χ1) is 16.0. The molecule has 0 saturated heterocycles. The highest BCUT2D eigenvalue weighted by atomic mass is 35.5. The molecule has 0 aliphatic carbocycles. The zero-order valence-corrected chi connectivity index (χ0v) is 18.0. The number of benzene rings is 2. The van der Waals surface area contributed by atoms with Crippen LogP contribution in [0.25, 0.3) is 6.08 Å². The van der Waals surface area contributed by atoms with E-state index in [1.807, 2.05) is 30.3 Å². The van der Waals surface area contributed by atoms with Gasteiger partial charge < -0.3 is 15.5 Å². The second-order valence-electron chi connectivity index (χ2n) is 7.09. The molecule has 4 N–H and O–H groups in total. The Morgan fingerprint density at radius 1 is 1.15 bits per heavy atom. The van der Waals surface area contributed by atoms with Crippen molar-refractivity contribution < 1.29 is 15.0 Å². The summed E-state index contributed by atoms with van der Waals surface area (Å²) in [5.74, 6) is -0.500. The third kappa shape index (κ3) is 5.50. The maximum atomic E-state index is 12.5. The summed E-state index contributed by atoms with van der Waals surface area (Å²) in [6.45, 7) is 0. The molecule has 2 heterocycles. The number of carbonyl (C=O) groups is 1. The van der Waals surface area contributed by atoms with E-state index in [4.69, 9.17) is 11.6 Å². The molecule has 1 aromatic heterocycles. The van der Waals surface area contributed by atoms with Crippen LogP contribution in [-0.4, -0.2) is 44.9 Å². The van der Waals surface area contributed by atoms with Crippen LogP contribution in [-0.2, 0) is 0 Å². The number of anilines is 1. The van der Waals surface area contributed by atoms with E-state index in [9.17, 15) is 15.0 Å². The second kappa shape index (κ2) is 10.2. The molecule has 166 valence electrons. The molecule has 4 rings (SSSR count). The molecule has 3 aromatic rings. The van der Waals surface area contributed by atoms with Crippen molar-refractivity contribution in [1.82, 2.24) is 10.4 Å². The molecule has 9 heteroatoms. The largest absolute Gasteiger partial charge is 0.383 e. The van der Waals surface area contributed by atoms with E-state index in [2.05, 4.69) is 25.8 Å². The minimum absolute atomic E-state index is 0.0230. The van der Waals surface area contributed by atoms with E-state index in [-0.39, 0.29) is 11.4 Å². The monoisotopic (exact) mass is 461 g/mol. The Balaban J connectivity index is 1.68. The van der Waals surface area contributed by atoms with Crippen molar-refractivity contribution >= 4 is 46.4 Å². The number of nitrogens with one attached hydrogen (secondary N) is 2. The maximum Gasteiger partial charge on any atom is 0.271 e. The average molecular weight is 462 g/mol. The molecule has 0 radical (unpaired) electrons. The quantitative estimate of drug-likeness (QED) is 0.331. The third-order valence-electron chi connectivity index (χ3n) is 4.78. The van der Waals surface area contributed by atoms with Crippen molar-refractivity contribution in [2.45, 2.75) is 12.3 Å². The third-order valence-corrected chi connectivity index (χ3v) is 5.02. The first kappa shape index (κ1) is 22.3. The SMILES string of the molecule is O=C(N/N=C(/C1=Nc2ccc(Cl)cc2N[C@@H]1O)[C@@H](O)/C=C/c1ccccc1)c1ccncc1. The molecule has 0 fully saturated rings. The highest BCUT2D eigenvalue weighted by molar-refractivity contribution is 6.47. The average Bonchev–Trinajstić information content (AvgIpc) is 2.84. The van der Waals surface area contributed by atoms with Gasteiger partial charge in [-0.15, -0.1) is 0 Å². The Hall–Kier alpha value is -3.85. The predicted molar refractivity (Wildman–Crippen MR) is 129 cm³/mol. The van der Waals surface area contributed by atoms with Gasteiger partial charge in [-0.3, -0.25) is 9.78 Å². The van der Waals surface area contributed by atoms with Crippen LogP contribution in [0.15, 0.2) is 89.2 Å². The topological polar surface area (TPSA) is 119 Å². The Kier molecular flexibility index (Phi) is 6.89. The molecule has 0 spiro atoms. The lowest BCUT2D eigenvalue weighted by Crippen LogP contribution is -2.42. The molecule has 1 amide bonds. The van der Waals surface area contributed by atoms with Crippen molar-refractivity contribution in [3.8, 4) is 0 Å². The lowest BCUT2D eigenvalue weighted by atomic mass is 10.0. The molecule has 2 atom stereocenters. The summed E-state index contributed by atoms with van der Waals surface area (Å²) in [6.07, 6.45) is 3.62. The number of fused-ring (bicyclic) bond motifs is 1. The van der Waals surface area contributed by atoms with Crippen molar-refractivity contribution in [2.75, 3.05) is 5.32 Å². The molecule has 1 aliphatic rings. The highest BCUT2D eigenvalue weighted by Gasteiger charge is 2.28. The van der Waals surface area contributed by atoms with Gasteiger partial charge in [0.15, 0.2) is 6.23 Å². The minimum atomic E-state index is -1.28. The Morgan fingerprint density at radius 2 is 1.91 bits per heavy atom. The summed E-state index contributed by atoms with van der Waals surface area (Å²) in [5, 5.41) is 29.0. The number of nitrogens with zero attached hydrogens (tertiary/aromatic N) is 3. The lowest BCUT2D eigenvalue weighted by molar-refractivity contribution is 0.0954. The van der Waals surface area contributed by atoms with Crippen LogP contribution in [0.1, 0.15) is 15.9 Å². The lowest BCUT2D eigenvalue weighted by Gasteiger charge is -2.25. The number of pyridine rings is 1. The number of hydrogen-bond donors (Lipinski definition) is 4. The van der Waals surface area contributed by atoms with Crippen LogP contribution < -0.4 is 10.7 Å². The zero-order chi connectivity index (χ0) is 23.2. The molecule has 0 unspecified atom stereocenters. The molecular formula is C24H20ClN5O3. The summed E-state index contributed by atoms with van der Waals surface area (Å²) in [6, 6.07) is 17.4. The smallest absolute Gasteiger partial charge is 0.271 e. The van der Waals surface area contributed by atoms with Gasteiger partial charge in [0.1, 0.15) is 17.5 Å². The van der Waals surface area contributed by atoms with Gasteiger partial charge in [-0.25, -0.2) is 10.4 Å². The Labute approximate surface area is 195 Å². The van der Waals surface area contributed by atoms with Crippen LogP contribution >= 0.6 is 11.6 Å². The fraction of sp³-hybridized carbons (Fsp3) is 0.0833. The molecule has 0 saturated carbocycles. The number of aliphatic hydroxyl groups excluding tert-OH is 2. The Bertz CT molecular complexity index is 1230. The number of rotatable bonds is 6. The van der Waals surface area contributed by atoms with Gasteiger partial charge in [0.2, 0.25) is 0 Å². The van der Waals surface area contributed by atoms with Crippen molar-refractivity contribution in [1.29, 1.82) is 0 Å². The molecular weight excluding hydrogens is 442 g/mol. The molecule has 0 bridgehead atoms.